The van der Waals surface area contributed by atoms with Crippen LogP contribution in [-0.2, 0) is 25.8 Å². The van der Waals surface area contributed by atoms with Crippen LogP contribution in [-0.4, -0.2) is 142 Å². The number of pyridine rings is 3. The fourth-order valence-electron chi connectivity index (χ4n) is 13.3. The van der Waals surface area contributed by atoms with Gasteiger partial charge in [0.1, 0.15) is 16.8 Å². The fraction of sp³-hybridized carbons (Fsp3) is 0.473. The molecule has 0 aromatic carbocycles. The average Bonchev–Trinajstić information content (AvgIpc) is 4.31. The van der Waals surface area contributed by atoms with E-state index in [1.165, 1.54) is 127 Å². The Morgan fingerprint density at radius 2 is 1.05 bits per heavy atom. The number of carbonyl (C=O) groups excluding carboxylic acids is 2. The zero-order valence-electron chi connectivity index (χ0n) is 41.5. The van der Waals surface area contributed by atoms with Gasteiger partial charge in [-0.1, -0.05) is 6.07 Å². The number of hydrogen-bond acceptors (Lipinski definition) is 17. The van der Waals surface area contributed by atoms with Gasteiger partial charge in [0.15, 0.2) is 12.6 Å². The molecule has 18 rings (SSSR count). The fourth-order valence-corrected chi connectivity index (χ4v) is 16.2. The lowest BCUT2D eigenvalue weighted by Crippen LogP contribution is -2.61. The lowest BCUT2D eigenvalue weighted by molar-refractivity contribution is -0.0815. The predicted octanol–water partition coefficient (Wildman–Crippen LogP) is 7.43. The molecule has 14 nitrogen and oxygen atoms in total. The van der Waals surface area contributed by atoms with Crippen LogP contribution in [0.15, 0.2) is 77.7 Å². The second-order valence-corrected chi connectivity index (χ2v) is 25.9. The van der Waals surface area contributed by atoms with E-state index in [1.807, 2.05) is 49.1 Å². The van der Waals surface area contributed by atoms with Gasteiger partial charge in [-0.25, -0.2) is 15.0 Å². The molecule has 6 bridgehead atoms. The van der Waals surface area contributed by atoms with Crippen molar-refractivity contribution in [1.29, 1.82) is 0 Å². The summed E-state index contributed by atoms with van der Waals surface area (Å²) < 4.78 is 20.5. The first-order valence-corrected chi connectivity index (χ1v) is 29.3. The zero-order valence-corrected chi connectivity index (χ0v) is 45.6. The van der Waals surface area contributed by atoms with Crippen molar-refractivity contribution in [3.05, 3.63) is 109 Å². The van der Waals surface area contributed by atoms with Crippen molar-refractivity contribution in [2.24, 2.45) is 17.8 Å². The zero-order chi connectivity index (χ0) is 50.6. The lowest BCUT2D eigenvalue weighted by Gasteiger charge is -2.50. The molecule has 0 radical (unpaired) electrons. The van der Waals surface area contributed by atoms with E-state index in [0.717, 1.165) is 106 Å². The number of aromatic nitrogens is 3. The Balaban J connectivity index is 0.000000104. The quantitative estimate of drug-likeness (QED) is 0.107. The highest BCUT2D eigenvalue weighted by molar-refractivity contribution is 9.10. The van der Waals surface area contributed by atoms with Crippen molar-refractivity contribution < 1.29 is 33.8 Å². The summed E-state index contributed by atoms with van der Waals surface area (Å²) >= 11 is 7.92. The van der Waals surface area contributed by atoms with Crippen molar-refractivity contribution in [3.63, 3.8) is 0 Å². The number of nitrogens with one attached hydrogen (secondary N) is 1. The van der Waals surface area contributed by atoms with E-state index in [4.69, 9.17) is 24.3 Å². The topological polar surface area (TPSA) is 163 Å². The summed E-state index contributed by atoms with van der Waals surface area (Å²) in [5, 5.41) is 20.4. The second kappa shape index (κ2) is 20.9. The molecule has 386 valence electrons. The molecule has 18 heterocycles. The summed E-state index contributed by atoms with van der Waals surface area (Å²) in [6, 6.07) is 18.0. The van der Waals surface area contributed by atoms with Crippen LogP contribution in [0.5, 0.6) is 17.6 Å². The standard InChI is InChI=1S/C19H23N3OS.C18H18N2O2S.C13H15BrN2O.C5H5BO3S/c1-20-11-16-2-3-17(24-16)14-8-13-9-19(23-18(13)21-10-14)12-22-6-4-15(19)5-7-22;21-10-15-1-2-16(23-15)13-7-12-8-18(22-17(12)19-9-13)11-20-5-3-14(18)4-6-20;14-11-5-9-6-13(17-12(9)15-7-11)8-16-3-1-10(13)2-4-16;7-3-4-1-2-5(10-4)6(8)9/h2-3,8,10,15,20H,4-7,9,11-12H2,1H3;1-2,7,9-10,14H,3-6,8,11H2;5,7,10H,1-4,6,8H2;1-3,8-9H/t19-;18-;13-;/m000./s1. The van der Waals surface area contributed by atoms with Gasteiger partial charge >= 0.3 is 7.12 Å². The maximum Gasteiger partial charge on any atom is 0.499 e. The van der Waals surface area contributed by atoms with Gasteiger partial charge in [-0.15, -0.1) is 34.0 Å². The summed E-state index contributed by atoms with van der Waals surface area (Å²) in [6.45, 7) is 11.6. The first kappa shape index (κ1) is 50.4. The maximum absolute atomic E-state index is 10.9. The molecule has 3 spiro atoms. The molecule has 3 N–H and O–H groups in total. The average molecular weight is 1120 g/mol. The van der Waals surface area contributed by atoms with E-state index < -0.39 is 7.12 Å². The molecule has 6 aromatic rings. The minimum atomic E-state index is -1.46. The van der Waals surface area contributed by atoms with Crippen molar-refractivity contribution in [1.82, 2.24) is 35.0 Å². The number of ether oxygens (including phenoxy) is 3. The van der Waals surface area contributed by atoms with Crippen molar-refractivity contribution >= 4 is 74.4 Å². The van der Waals surface area contributed by atoms with Crippen molar-refractivity contribution in [2.45, 2.75) is 81.1 Å². The summed E-state index contributed by atoms with van der Waals surface area (Å²) in [6.07, 6.45) is 17.9. The van der Waals surface area contributed by atoms with Gasteiger partial charge in [-0.05, 0) is 149 Å². The number of piperidine rings is 9. The Kier molecular flexibility index (Phi) is 14.2. The first-order chi connectivity index (χ1) is 36.0. The molecule has 12 aliphatic rings. The molecular formula is C55H61BBrN7O7S3. The van der Waals surface area contributed by atoms with E-state index in [-0.39, 0.29) is 16.8 Å². The number of carbonyl (C=O) groups is 2. The predicted molar refractivity (Wildman–Crippen MR) is 293 cm³/mol. The third-order valence-corrected chi connectivity index (χ3v) is 20.6. The molecule has 3 atom stereocenters. The van der Waals surface area contributed by atoms with Gasteiger partial charge < -0.3 is 29.6 Å². The van der Waals surface area contributed by atoms with Gasteiger partial charge in [-0.3, -0.25) is 24.3 Å². The number of nitrogens with zero attached hydrogens (tertiary/aromatic N) is 6. The van der Waals surface area contributed by atoms with Gasteiger partial charge in [0.2, 0.25) is 17.6 Å². The number of hydrogen-bond donors (Lipinski definition) is 3. The largest absolute Gasteiger partial charge is 0.499 e. The number of thiophene rings is 3. The molecule has 19 heteroatoms. The van der Waals surface area contributed by atoms with Crippen LogP contribution < -0.4 is 24.3 Å². The van der Waals surface area contributed by atoms with E-state index in [9.17, 15) is 9.59 Å². The van der Waals surface area contributed by atoms with Crippen molar-refractivity contribution in [3.8, 4) is 38.5 Å². The second-order valence-electron chi connectivity index (χ2n) is 21.5. The molecule has 74 heavy (non-hydrogen) atoms. The van der Waals surface area contributed by atoms with Crippen LogP contribution in [0.2, 0.25) is 0 Å². The van der Waals surface area contributed by atoms with Crippen LogP contribution in [0.1, 0.15) is 79.4 Å². The highest BCUT2D eigenvalue weighted by atomic mass is 79.9. The SMILES string of the molecule is Brc1cnc2c(c1)C[C@@]1(CN3CCC1CC3)O2.CNCc1ccc(-c2cnc3c(c2)C[C@@]2(CN4CCC2CC4)O3)s1.O=Cc1ccc(-c2cnc3c(c2)C[C@@]2(CN4CCC2CC4)O3)s1.O=Cc1ccc(B(O)O)s1. The summed E-state index contributed by atoms with van der Waals surface area (Å²) in [5.41, 5.74) is 6.08. The molecule has 0 saturated carbocycles. The minimum Gasteiger partial charge on any atom is -0.469 e. The molecule has 0 unspecified atom stereocenters. The minimum absolute atomic E-state index is 0.00278. The molecule has 6 aromatic heterocycles. The molecule has 0 aliphatic carbocycles. The normalized spacial score (nSPS) is 29.6. The van der Waals surface area contributed by atoms with E-state index in [2.05, 4.69) is 81.2 Å². The van der Waals surface area contributed by atoms with E-state index in [0.29, 0.717) is 27.8 Å². The maximum atomic E-state index is 10.9. The summed E-state index contributed by atoms with van der Waals surface area (Å²) in [4.78, 5) is 47.3. The summed E-state index contributed by atoms with van der Waals surface area (Å²) in [7, 11) is 0.528. The monoisotopic (exact) mass is 1120 g/mol. The lowest BCUT2D eigenvalue weighted by atomic mass is 9.73. The number of aldehydes is 2. The third kappa shape index (κ3) is 9.95. The number of fused-ring (bicyclic) bond motifs is 9. The Labute approximate surface area is 452 Å². The Bertz CT molecular complexity index is 3020. The van der Waals surface area contributed by atoms with Gasteiger partial charge in [-0.2, -0.15) is 0 Å². The van der Waals surface area contributed by atoms with Gasteiger partial charge in [0.25, 0.3) is 0 Å². The highest BCUT2D eigenvalue weighted by Crippen LogP contribution is 2.50. The molecule has 9 fully saturated rings. The molecular weight excluding hydrogens is 1060 g/mol. The van der Waals surface area contributed by atoms with E-state index in [1.54, 1.807) is 6.07 Å². The van der Waals surface area contributed by atoms with Crippen molar-refractivity contribution in [2.75, 3.05) is 66.0 Å². The van der Waals surface area contributed by atoms with E-state index >= 15 is 0 Å². The molecule has 9 saturated heterocycles. The third-order valence-electron chi connectivity index (χ3n) is 16.9. The summed E-state index contributed by atoms with van der Waals surface area (Å²) in [5.74, 6) is 4.63. The first-order valence-electron chi connectivity index (χ1n) is 26.1. The number of halogens is 1. The molecule has 0 amide bonds. The Morgan fingerprint density at radius 1 is 0.622 bits per heavy atom. The molecule has 12 aliphatic heterocycles. The van der Waals surface area contributed by atoms with Crippen LogP contribution in [0.3, 0.4) is 0 Å². The highest BCUT2D eigenvalue weighted by Gasteiger charge is 2.55. The smallest absolute Gasteiger partial charge is 0.469 e. The van der Waals surface area contributed by atoms with Gasteiger partial charge in [0, 0.05) is 133 Å². The van der Waals surface area contributed by atoms with Gasteiger partial charge in [0.05, 0.1) is 9.75 Å². The van der Waals surface area contributed by atoms with Crippen LogP contribution in [0, 0.1) is 17.8 Å². The van der Waals surface area contributed by atoms with Crippen LogP contribution >= 0.6 is 49.9 Å². The van der Waals surface area contributed by atoms with Crippen LogP contribution in [0.4, 0.5) is 0 Å². The van der Waals surface area contributed by atoms with Crippen LogP contribution in [0.25, 0.3) is 20.9 Å². The number of rotatable bonds is 7. The Hall–Kier alpha value is -4.41. The Morgan fingerprint density at radius 3 is 1.46 bits per heavy atom.